The predicted molar refractivity (Wildman–Crippen MR) is 84.0 cm³/mol. The predicted octanol–water partition coefficient (Wildman–Crippen LogP) is 1.98. The van der Waals surface area contributed by atoms with Crippen molar-refractivity contribution in [2.45, 2.75) is 6.92 Å². The zero-order valence-electron chi connectivity index (χ0n) is 12.4. The number of nitrogens with one attached hydrogen (secondary N) is 1. The van der Waals surface area contributed by atoms with Gasteiger partial charge in [-0.05, 0) is 19.1 Å². The van der Waals surface area contributed by atoms with Crippen molar-refractivity contribution >= 4 is 21.4 Å². The van der Waals surface area contributed by atoms with E-state index in [1.807, 2.05) is 0 Å². The van der Waals surface area contributed by atoms with Crippen LogP contribution >= 0.6 is 0 Å². The molecule has 8 heteroatoms. The van der Waals surface area contributed by atoms with E-state index in [1.165, 1.54) is 19.6 Å². The van der Waals surface area contributed by atoms with Crippen LogP contribution in [0.5, 0.6) is 0 Å². The molecule has 1 amide bonds. The van der Waals surface area contributed by atoms with Crippen molar-refractivity contribution in [3.8, 4) is 0 Å². The van der Waals surface area contributed by atoms with Crippen molar-refractivity contribution < 1.29 is 22.4 Å². The second-order valence-corrected chi connectivity index (χ2v) is 6.59. The van der Waals surface area contributed by atoms with Gasteiger partial charge in [-0.1, -0.05) is 18.2 Å². The minimum absolute atomic E-state index is 0.0935. The Kier molecular flexibility index (Phi) is 5.53. The summed E-state index contributed by atoms with van der Waals surface area (Å²) in [5.41, 5.74) is 0.545. The molecule has 2 aromatic rings. The third-order valence-electron chi connectivity index (χ3n) is 2.89. The van der Waals surface area contributed by atoms with Crippen LogP contribution in [0.15, 0.2) is 64.3 Å². The molecular weight excluding hydrogens is 320 g/mol. The lowest BCUT2D eigenvalue weighted by molar-refractivity contribution is -0.112. The molecule has 1 N–H and O–H groups in total. The molecule has 122 valence electrons. The lowest BCUT2D eigenvalue weighted by Crippen LogP contribution is -2.29. The number of anilines is 1. The topological polar surface area (TPSA) is 98.5 Å². The largest absolute Gasteiger partial charge is 0.496 e. The average molecular weight is 336 g/mol. The summed E-state index contributed by atoms with van der Waals surface area (Å²) in [6, 6.07) is 8.68. The molecule has 0 saturated carbocycles. The summed E-state index contributed by atoms with van der Waals surface area (Å²) >= 11 is 0. The lowest BCUT2D eigenvalue weighted by atomic mass is 10.3. The van der Waals surface area contributed by atoms with Crippen molar-refractivity contribution in [2.24, 2.45) is 0 Å². The molecule has 23 heavy (non-hydrogen) atoms. The van der Waals surface area contributed by atoms with Gasteiger partial charge in [0.2, 0.25) is 0 Å². The number of amides is 1. The molecule has 0 bridgehead atoms. The fraction of sp³-hybridized carbons (Fsp3) is 0.200. The van der Waals surface area contributed by atoms with Gasteiger partial charge < -0.3 is 14.5 Å². The zero-order chi connectivity index (χ0) is 16.7. The minimum Gasteiger partial charge on any atom is -0.496 e. The number of carbonyl (C=O) groups excluding carboxylic acids is 1. The van der Waals surface area contributed by atoms with E-state index in [9.17, 15) is 13.2 Å². The van der Waals surface area contributed by atoms with Gasteiger partial charge in [-0.2, -0.15) is 0 Å². The van der Waals surface area contributed by atoms with Crippen LogP contribution < -0.4 is 5.32 Å². The monoisotopic (exact) mass is 336 g/mol. The van der Waals surface area contributed by atoms with Gasteiger partial charge in [-0.15, -0.1) is 0 Å². The highest BCUT2D eigenvalue weighted by molar-refractivity contribution is 7.96. The molecule has 1 aliphatic rings. The maximum atomic E-state index is 12.0. The first-order valence-corrected chi connectivity index (χ1v) is 8.41. The molecule has 0 aliphatic carbocycles. The van der Waals surface area contributed by atoms with Gasteiger partial charge in [0.1, 0.15) is 18.6 Å². The lowest BCUT2D eigenvalue weighted by Gasteiger charge is -2.18. The van der Waals surface area contributed by atoms with Crippen LogP contribution in [0.4, 0.5) is 5.69 Å². The van der Waals surface area contributed by atoms with Crippen LogP contribution in [-0.2, 0) is 19.4 Å². The first-order valence-electron chi connectivity index (χ1n) is 6.75. The van der Waals surface area contributed by atoms with Gasteiger partial charge in [-0.3, -0.25) is 4.79 Å². The molecule has 0 fully saturated rings. The Morgan fingerprint density at radius 2 is 2.00 bits per heavy atom. The summed E-state index contributed by atoms with van der Waals surface area (Å²) in [5, 5.41) is 2.54. The Morgan fingerprint density at radius 1 is 1.26 bits per heavy atom. The number of hydrogen-bond acceptors (Lipinski definition) is 6. The Bertz CT molecular complexity index is 750. The van der Waals surface area contributed by atoms with Gasteiger partial charge >= 0.3 is 0 Å². The molecule has 0 atom stereocenters. The van der Waals surface area contributed by atoms with Crippen LogP contribution in [0.1, 0.15) is 6.92 Å². The summed E-state index contributed by atoms with van der Waals surface area (Å²) in [6.45, 7) is 1.58. The molecule has 2 heterocycles. The van der Waals surface area contributed by atoms with E-state index < -0.39 is 15.7 Å². The number of ether oxygens (including phenoxy) is 1. The van der Waals surface area contributed by atoms with E-state index in [0.717, 1.165) is 0 Å². The molecule has 1 aromatic heterocycles. The molecule has 0 saturated heterocycles. The van der Waals surface area contributed by atoms with Crippen LogP contribution in [0.2, 0.25) is 0 Å². The normalized spacial score (nSPS) is 15.9. The molecule has 3 rings (SSSR count). The number of nitrogens with zero attached hydrogens (tertiary/aromatic N) is 1. The number of allylic oxidation sites excluding steroid dienone is 1. The molecular formula is C15H16N2O5S. The SMILES string of the molecule is CC1=C(C(=O)Nc2ccccc2)S(=O)(=O)CCO1.c1cocn1. The van der Waals surface area contributed by atoms with E-state index in [4.69, 9.17) is 4.74 Å². The summed E-state index contributed by atoms with van der Waals surface area (Å²) in [4.78, 5) is 15.2. The Hall–Kier alpha value is -2.61. The van der Waals surface area contributed by atoms with E-state index >= 15 is 0 Å². The fourth-order valence-corrected chi connectivity index (χ4v) is 3.21. The van der Waals surface area contributed by atoms with Crippen LogP contribution in [0, 0.1) is 0 Å². The fourth-order valence-electron chi connectivity index (χ4n) is 1.88. The van der Waals surface area contributed by atoms with Gasteiger partial charge in [0.05, 0.1) is 11.9 Å². The highest BCUT2D eigenvalue weighted by atomic mass is 32.2. The standard InChI is InChI=1S/C12H13NO4S.C3H3NO/c1-9-11(18(15,16)8-7-17-9)12(14)13-10-5-3-2-4-6-10;1-2-5-3-4-1/h2-6H,7-8H2,1H3,(H,13,14);1-3H. The molecule has 0 spiro atoms. The maximum Gasteiger partial charge on any atom is 0.270 e. The second-order valence-electron chi connectivity index (χ2n) is 4.55. The van der Waals surface area contributed by atoms with Crippen molar-refractivity contribution in [2.75, 3.05) is 17.7 Å². The number of rotatable bonds is 2. The Balaban J connectivity index is 0.000000326. The molecule has 1 aromatic carbocycles. The molecule has 7 nitrogen and oxygen atoms in total. The van der Waals surface area contributed by atoms with Crippen molar-refractivity contribution in [3.05, 3.63) is 59.8 Å². The molecule has 1 aliphatic heterocycles. The first-order chi connectivity index (χ1) is 11.0. The van der Waals surface area contributed by atoms with E-state index in [2.05, 4.69) is 14.7 Å². The highest BCUT2D eigenvalue weighted by Gasteiger charge is 2.31. The van der Waals surface area contributed by atoms with Crippen LogP contribution in [-0.4, -0.2) is 31.7 Å². The number of carbonyl (C=O) groups is 1. The van der Waals surface area contributed by atoms with Crippen molar-refractivity contribution in [3.63, 3.8) is 0 Å². The van der Waals surface area contributed by atoms with Crippen molar-refractivity contribution in [1.29, 1.82) is 0 Å². The second kappa shape index (κ2) is 7.59. The van der Waals surface area contributed by atoms with E-state index in [1.54, 1.807) is 36.5 Å². The van der Waals surface area contributed by atoms with Gasteiger partial charge in [0, 0.05) is 5.69 Å². The summed E-state index contributed by atoms with van der Waals surface area (Å²) in [6.07, 6.45) is 4.47. The van der Waals surface area contributed by atoms with E-state index in [0.29, 0.717) is 5.69 Å². The minimum atomic E-state index is -3.55. The zero-order valence-corrected chi connectivity index (χ0v) is 13.2. The van der Waals surface area contributed by atoms with Crippen LogP contribution in [0.3, 0.4) is 0 Å². The van der Waals surface area contributed by atoms with Crippen molar-refractivity contribution in [1.82, 2.24) is 4.98 Å². The summed E-state index contributed by atoms with van der Waals surface area (Å²) in [7, 11) is -3.55. The van der Waals surface area contributed by atoms with Gasteiger partial charge in [0.15, 0.2) is 21.1 Å². The number of aromatic nitrogens is 1. The number of benzene rings is 1. The Morgan fingerprint density at radius 3 is 2.52 bits per heavy atom. The third-order valence-corrected chi connectivity index (χ3v) is 4.69. The summed E-state index contributed by atoms with van der Waals surface area (Å²) < 4.78 is 33.2. The summed E-state index contributed by atoms with van der Waals surface area (Å²) in [5.74, 6) is -0.671. The number of hydrogen-bond donors (Lipinski definition) is 1. The maximum absolute atomic E-state index is 12.0. The smallest absolute Gasteiger partial charge is 0.270 e. The quantitative estimate of drug-likeness (QED) is 0.900. The first kappa shape index (κ1) is 16.8. The highest BCUT2D eigenvalue weighted by Crippen LogP contribution is 2.21. The average Bonchev–Trinajstić information content (AvgIpc) is 3.06. The number of sulfone groups is 1. The Labute approximate surface area is 133 Å². The van der Waals surface area contributed by atoms with E-state index in [-0.39, 0.29) is 23.0 Å². The third kappa shape index (κ3) is 4.68. The van der Waals surface area contributed by atoms with Crippen LogP contribution in [0.25, 0.3) is 0 Å². The molecule has 0 unspecified atom stereocenters. The van der Waals surface area contributed by atoms with Gasteiger partial charge in [-0.25, -0.2) is 13.4 Å². The number of para-hydroxylation sites is 1. The number of oxazole rings is 1. The molecule has 0 radical (unpaired) electrons. The van der Waals surface area contributed by atoms with Gasteiger partial charge in [0.25, 0.3) is 5.91 Å².